The molecule has 2 N–H and O–H groups in total. The summed E-state index contributed by atoms with van der Waals surface area (Å²) in [6.45, 7) is 2.17. The van der Waals surface area contributed by atoms with E-state index in [-0.39, 0.29) is 5.69 Å². The minimum atomic E-state index is -4.53. The van der Waals surface area contributed by atoms with Crippen LogP contribution < -0.4 is 10.6 Å². The smallest absolute Gasteiger partial charge is 0.418 e. The molecule has 1 aliphatic heterocycles. The fraction of sp³-hybridized carbons (Fsp3) is 0.500. The summed E-state index contributed by atoms with van der Waals surface area (Å²) in [5.74, 6) is -0.453. The topological polar surface area (TPSA) is 55.6 Å². The van der Waals surface area contributed by atoms with E-state index in [4.69, 9.17) is 10.5 Å². The SMILES string of the molecule is COC(=O)[C@]1(C)CCCN1c1ccc(N)c(C(F)(F)F)c1. The molecule has 116 valence electrons. The molecule has 0 unspecified atom stereocenters. The lowest BCUT2D eigenvalue weighted by molar-refractivity contribution is -0.146. The Hall–Kier alpha value is -1.92. The monoisotopic (exact) mass is 302 g/mol. The fourth-order valence-corrected chi connectivity index (χ4v) is 2.77. The van der Waals surface area contributed by atoms with E-state index >= 15 is 0 Å². The summed E-state index contributed by atoms with van der Waals surface area (Å²) < 4.78 is 43.6. The largest absolute Gasteiger partial charge is 0.467 e. The summed E-state index contributed by atoms with van der Waals surface area (Å²) in [5, 5.41) is 0. The number of nitrogens with zero attached hydrogens (tertiary/aromatic N) is 1. The Kier molecular flexibility index (Phi) is 3.78. The molecule has 0 aromatic heterocycles. The number of carbonyl (C=O) groups excluding carboxylic acids is 1. The molecule has 2 rings (SSSR count). The van der Waals surface area contributed by atoms with Crippen molar-refractivity contribution in [2.75, 3.05) is 24.3 Å². The van der Waals surface area contributed by atoms with Gasteiger partial charge in [0.2, 0.25) is 0 Å². The van der Waals surface area contributed by atoms with Gasteiger partial charge in [0, 0.05) is 17.9 Å². The number of alkyl halides is 3. The number of benzene rings is 1. The van der Waals surface area contributed by atoms with Gasteiger partial charge < -0.3 is 15.4 Å². The third-order valence-corrected chi connectivity index (χ3v) is 3.92. The summed E-state index contributed by atoms with van der Waals surface area (Å²) in [5.41, 5.74) is 3.55. The minimum absolute atomic E-state index is 0.321. The van der Waals surface area contributed by atoms with E-state index < -0.39 is 23.2 Å². The second kappa shape index (κ2) is 5.13. The number of halogens is 3. The molecule has 21 heavy (non-hydrogen) atoms. The predicted molar refractivity (Wildman–Crippen MR) is 72.9 cm³/mol. The van der Waals surface area contributed by atoms with Gasteiger partial charge in [0.05, 0.1) is 12.7 Å². The first kappa shape index (κ1) is 15.5. The number of methoxy groups -OCH3 is 1. The van der Waals surface area contributed by atoms with Crippen molar-refractivity contribution in [3.05, 3.63) is 23.8 Å². The highest BCUT2D eigenvalue weighted by atomic mass is 19.4. The molecule has 0 saturated carbocycles. The van der Waals surface area contributed by atoms with Crippen molar-refractivity contribution in [2.24, 2.45) is 0 Å². The number of rotatable bonds is 2. The van der Waals surface area contributed by atoms with Gasteiger partial charge in [0.25, 0.3) is 0 Å². The lowest BCUT2D eigenvalue weighted by atomic mass is 9.98. The second-order valence-corrected chi connectivity index (χ2v) is 5.29. The number of nitrogen functional groups attached to an aromatic ring is 1. The van der Waals surface area contributed by atoms with Gasteiger partial charge in [-0.3, -0.25) is 0 Å². The highest BCUT2D eigenvalue weighted by molar-refractivity contribution is 5.85. The zero-order chi connectivity index (χ0) is 15.8. The quantitative estimate of drug-likeness (QED) is 0.674. The first-order valence-corrected chi connectivity index (χ1v) is 6.53. The molecule has 0 aliphatic carbocycles. The lowest BCUT2D eigenvalue weighted by Gasteiger charge is -2.34. The molecule has 1 aromatic carbocycles. The number of hydrogen-bond donors (Lipinski definition) is 1. The molecule has 1 saturated heterocycles. The van der Waals surface area contributed by atoms with Crippen LogP contribution >= 0.6 is 0 Å². The van der Waals surface area contributed by atoms with Crippen molar-refractivity contribution >= 4 is 17.3 Å². The van der Waals surface area contributed by atoms with E-state index in [1.54, 1.807) is 11.8 Å². The van der Waals surface area contributed by atoms with Crippen molar-refractivity contribution in [3.8, 4) is 0 Å². The molecule has 0 bridgehead atoms. The molecular formula is C14H17F3N2O2. The average Bonchev–Trinajstić information content (AvgIpc) is 2.80. The van der Waals surface area contributed by atoms with Gasteiger partial charge in [-0.2, -0.15) is 13.2 Å². The highest BCUT2D eigenvalue weighted by Gasteiger charge is 2.45. The Bertz CT molecular complexity index is 560. The highest BCUT2D eigenvalue weighted by Crippen LogP contribution is 2.40. The number of anilines is 2. The van der Waals surface area contributed by atoms with Crippen LogP contribution in [0.3, 0.4) is 0 Å². The molecule has 0 amide bonds. The Morgan fingerprint density at radius 1 is 1.43 bits per heavy atom. The summed E-state index contributed by atoms with van der Waals surface area (Å²) in [6, 6.07) is 3.70. The third-order valence-electron chi connectivity index (χ3n) is 3.92. The van der Waals surface area contributed by atoms with Gasteiger partial charge in [0.15, 0.2) is 0 Å². The van der Waals surface area contributed by atoms with Gasteiger partial charge in [0.1, 0.15) is 5.54 Å². The van der Waals surface area contributed by atoms with E-state index in [2.05, 4.69) is 0 Å². The van der Waals surface area contributed by atoms with Gasteiger partial charge >= 0.3 is 12.1 Å². The summed E-state index contributed by atoms with van der Waals surface area (Å²) in [4.78, 5) is 13.6. The molecule has 7 heteroatoms. The Morgan fingerprint density at radius 2 is 2.10 bits per heavy atom. The molecular weight excluding hydrogens is 285 g/mol. The third kappa shape index (κ3) is 2.64. The van der Waals surface area contributed by atoms with Crippen LogP contribution in [0.2, 0.25) is 0 Å². The summed E-state index contributed by atoms with van der Waals surface area (Å²) >= 11 is 0. The summed E-state index contributed by atoms with van der Waals surface area (Å²) in [7, 11) is 1.27. The Morgan fingerprint density at radius 3 is 2.67 bits per heavy atom. The molecule has 1 heterocycles. The number of ether oxygens (including phenoxy) is 1. The van der Waals surface area contributed by atoms with E-state index in [0.29, 0.717) is 25.1 Å². The normalized spacial score (nSPS) is 22.4. The molecule has 4 nitrogen and oxygen atoms in total. The van der Waals surface area contributed by atoms with Crippen LogP contribution in [-0.2, 0) is 15.7 Å². The molecule has 1 aromatic rings. The predicted octanol–water partition coefficient (Wildman–Crippen LogP) is 2.82. The van der Waals surface area contributed by atoms with E-state index in [9.17, 15) is 18.0 Å². The maximum atomic E-state index is 12.9. The second-order valence-electron chi connectivity index (χ2n) is 5.29. The van der Waals surface area contributed by atoms with Crippen LogP contribution in [0.4, 0.5) is 24.5 Å². The van der Waals surface area contributed by atoms with Gasteiger partial charge in [-0.1, -0.05) is 0 Å². The minimum Gasteiger partial charge on any atom is -0.467 e. The van der Waals surface area contributed by atoms with Crippen molar-refractivity contribution in [3.63, 3.8) is 0 Å². The van der Waals surface area contributed by atoms with Crippen LogP contribution in [0, 0.1) is 0 Å². The van der Waals surface area contributed by atoms with Crippen LogP contribution in [0.5, 0.6) is 0 Å². The zero-order valence-electron chi connectivity index (χ0n) is 11.8. The van der Waals surface area contributed by atoms with Gasteiger partial charge in [-0.15, -0.1) is 0 Å². The van der Waals surface area contributed by atoms with Crippen LogP contribution in [0.15, 0.2) is 18.2 Å². The number of nitrogens with two attached hydrogens (primary N) is 1. The van der Waals surface area contributed by atoms with Crippen molar-refractivity contribution in [1.29, 1.82) is 0 Å². The standard InChI is InChI=1S/C14H17F3N2O2/c1-13(12(20)21-2)6-3-7-19(13)9-4-5-11(18)10(8-9)14(15,16)17/h4-5,8H,3,6-7,18H2,1-2H3/t13-/m0/s1. The van der Waals surface area contributed by atoms with E-state index in [1.807, 2.05) is 0 Å². The van der Waals surface area contributed by atoms with Crippen LogP contribution in [0.25, 0.3) is 0 Å². The molecule has 0 radical (unpaired) electrons. The van der Waals surface area contributed by atoms with Crippen molar-refractivity contribution in [1.82, 2.24) is 0 Å². The molecule has 0 spiro atoms. The Labute approximate surface area is 120 Å². The first-order chi connectivity index (χ1) is 9.70. The first-order valence-electron chi connectivity index (χ1n) is 6.53. The fourth-order valence-electron chi connectivity index (χ4n) is 2.77. The average molecular weight is 302 g/mol. The van der Waals surface area contributed by atoms with Gasteiger partial charge in [-0.05, 0) is 38.0 Å². The van der Waals surface area contributed by atoms with Gasteiger partial charge in [-0.25, -0.2) is 4.79 Å². The van der Waals surface area contributed by atoms with Crippen molar-refractivity contribution in [2.45, 2.75) is 31.5 Å². The number of esters is 1. The maximum absolute atomic E-state index is 12.9. The molecule has 1 fully saturated rings. The van der Waals surface area contributed by atoms with Crippen LogP contribution in [0.1, 0.15) is 25.3 Å². The van der Waals surface area contributed by atoms with E-state index in [0.717, 1.165) is 6.07 Å². The van der Waals surface area contributed by atoms with Crippen molar-refractivity contribution < 1.29 is 22.7 Å². The molecule has 1 atom stereocenters. The number of hydrogen-bond acceptors (Lipinski definition) is 4. The Balaban J connectivity index is 2.45. The maximum Gasteiger partial charge on any atom is 0.418 e. The lowest BCUT2D eigenvalue weighted by Crippen LogP contribution is -2.49. The summed E-state index contributed by atoms with van der Waals surface area (Å²) in [6.07, 6.45) is -3.29. The molecule has 1 aliphatic rings. The zero-order valence-corrected chi connectivity index (χ0v) is 11.8. The van der Waals surface area contributed by atoms with E-state index in [1.165, 1.54) is 19.2 Å². The van der Waals surface area contributed by atoms with Crippen LogP contribution in [-0.4, -0.2) is 25.2 Å². The number of carbonyl (C=O) groups is 1.